The van der Waals surface area contributed by atoms with E-state index < -0.39 is 17.8 Å². The maximum Gasteiger partial charge on any atom is 0.307 e. The van der Waals surface area contributed by atoms with Crippen molar-refractivity contribution in [3.8, 4) is 6.07 Å². The van der Waals surface area contributed by atoms with Gasteiger partial charge in [-0.3, -0.25) is 9.59 Å². The number of carboxylic acids is 1. The largest absolute Gasteiger partial charge is 0.481 e. The molecule has 5 nitrogen and oxygen atoms in total. The minimum Gasteiger partial charge on any atom is -0.481 e. The molecule has 0 unspecified atom stereocenters. The minimum absolute atomic E-state index is 0.00878. The fraction of sp³-hybridized carbons (Fsp3) is 0.312. The van der Waals surface area contributed by atoms with Gasteiger partial charge in [0.15, 0.2) is 0 Å². The van der Waals surface area contributed by atoms with E-state index in [4.69, 9.17) is 5.26 Å². The maximum atomic E-state index is 12.4. The number of anilines is 1. The molecule has 1 fully saturated rings. The van der Waals surface area contributed by atoms with E-state index in [1.807, 2.05) is 18.2 Å². The molecule has 2 aliphatic rings. The zero-order chi connectivity index (χ0) is 15.0. The number of amides is 1. The molecule has 0 aliphatic heterocycles. The normalized spacial score (nSPS) is 29.1. The zero-order valence-electron chi connectivity index (χ0n) is 11.2. The first-order valence-corrected chi connectivity index (χ1v) is 6.82. The Kier molecular flexibility index (Phi) is 3.22. The van der Waals surface area contributed by atoms with Gasteiger partial charge in [-0.1, -0.05) is 12.2 Å². The standard InChI is InChI=1S/C16H14N2O3/c17-8-9-1-5-12(6-2-9)18-15(19)13-10-3-4-11(7-10)14(13)16(20)21/h1-6,10-11,13-14H,7H2,(H,18,19)(H,20,21)/t10-,11-,13-,14-/m0/s1. The predicted octanol–water partition coefficient (Wildman–Crippen LogP) is 2.02. The summed E-state index contributed by atoms with van der Waals surface area (Å²) in [6.07, 6.45) is 4.60. The molecule has 0 radical (unpaired) electrons. The van der Waals surface area contributed by atoms with E-state index in [1.54, 1.807) is 24.3 Å². The molecule has 0 saturated heterocycles. The summed E-state index contributed by atoms with van der Waals surface area (Å²) < 4.78 is 0. The van der Waals surface area contributed by atoms with E-state index in [0.29, 0.717) is 11.3 Å². The Morgan fingerprint density at radius 2 is 1.76 bits per heavy atom. The summed E-state index contributed by atoms with van der Waals surface area (Å²) in [7, 11) is 0. The molecule has 3 rings (SSSR count). The highest BCUT2D eigenvalue weighted by atomic mass is 16.4. The van der Waals surface area contributed by atoms with Crippen LogP contribution in [-0.2, 0) is 9.59 Å². The topological polar surface area (TPSA) is 90.2 Å². The van der Waals surface area contributed by atoms with Crippen molar-refractivity contribution in [3.63, 3.8) is 0 Å². The van der Waals surface area contributed by atoms with Crippen LogP contribution in [0.4, 0.5) is 5.69 Å². The van der Waals surface area contributed by atoms with Gasteiger partial charge in [0.05, 0.1) is 23.5 Å². The Hall–Kier alpha value is -2.61. The number of carbonyl (C=O) groups excluding carboxylic acids is 1. The molecule has 106 valence electrons. The van der Waals surface area contributed by atoms with Crippen LogP contribution in [0.5, 0.6) is 0 Å². The number of rotatable bonds is 3. The lowest BCUT2D eigenvalue weighted by Gasteiger charge is -2.23. The van der Waals surface area contributed by atoms with Crippen molar-refractivity contribution in [1.29, 1.82) is 5.26 Å². The van der Waals surface area contributed by atoms with E-state index in [2.05, 4.69) is 5.32 Å². The predicted molar refractivity (Wildman–Crippen MR) is 75.1 cm³/mol. The van der Waals surface area contributed by atoms with Crippen molar-refractivity contribution in [1.82, 2.24) is 0 Å². The molecule has 0 aromatic heterocycles. The van der Waals surface area contributed by atoms with Gasteiger partial charge in [-0.2, -0.15) is 5.26 Å². The Morgan fingerprint density at radius 1 is 1.14 bits per heavy atom. The fourth-order valence-electron chi connectivity index (χ4n) is 3.37. The molecule has 2 aliphatic carbocycles. The number of allylic oxidation sites excluding steroid dienone is 2. The highest BCUT2D eigenvalue weighted by Gasteiger charge is 2.51. The number of fused-ring (bicyclic) bond motifs is 2. The summed E-state index contributed by atoms with van der Waals surface area (Å²) in [5, 5.41) is 20.8. The van der Waals surface area contributed by atoms with Gasteiger partial charge in [0.2, 0.25) is 5.91 Å². The van der Waals surface area contributed by atoms with Gasteiger partial charge in [0.25, 0.3) is 0 Å². The highest BCUT2D eigenvalue weighted by molar-refractivity contribution is 5.96. The molecule has 1 aromatic carbocycles. The number of aliphatic carboxylic acids is 1. The van der Waals surface area contributed by atoms with Gasteiger partial charge in [-0.15, -0.1) is 0 Å². The van der Waals surface area contributed by atoms with Crippen molar-refractivity contribution in [2.45, 2.75) is 6.42 Å². The number of nitrogens with one attached hydrogen (secondary N) is 1. The second-order valence-corrected chi connectivity index (χ2v) is 5.52. The molecule has 21 heavy (non-hydrogen) atoms. The van der Waals surface area contributed by atoms with Crippen molar-refractivity contribution < 1.29 is 14.7 Å². The number of hydrogen-bond donors (Lipinski definition) is 2. The van der Waals surface area contributed by atoms with Crippen LogP contribution in [0, 0.1) is 35.0 Å². The first-order valence-electron chi connectivity index (χ1n) is 6.82. The molecule has 5 heteroatoms. The van der Waals surface area contributed by atoms with Crippen LogP contribution in [0.2, 0.25) is 0 Å². The number of hydrogen-bond acceptors (Lipinski definition) is 3. The van der Waals surface area contributed by atoms with Gasteiger partial charge in [0, 0.05) is 5.69 Å². The summed E-state index contributed by atoms with van der Waals surface area (Å²) >= 11 is 0. The van der Waals surface area contributed by atoms with Crippen LogP contribution in [0.1, 0.15) is 12.0 Å². The van der Waals surface area contributed by atoms with Crippen molar-refractivity contribution >= 4 is 17.6 Å². The quantitative estimate of drug-likeness (QED) is 0.830. The second kappa shape index (κ2) is 5.06. The number of nitrogens with zero attached hydrogens (tertiary/aromatic N) is 1. The van der Waals surface area contributed by atoms with Gasteiger partial charge in [0.1, 0.15) is 0 Å². The number of benzene rings is 1. The smallest absolute Gasteiger partial charge is 0.307 e. The van der Waals surface area contributed by atoms with Crippen LogP contribution >= 0.6 is 0 Å². The molecule has 4 atom stereocenters. The molecule has 2 bridgehead atoms. The Labute approximate surface area is 121 Å². The summed E-state index contributed by atoms with van der Waals surface area (Å²) in [6, 6.07) is 8.54. The fourth-order valence-corrected chi connectivity index (χ4v) is 3.37. The van der Waals surface area contributed by atoms with Crippen LogP contribution in [0.25, 0.3) is 0 Å². The van der Waals surface area contributed by atoms with Gasteiger partial charge < -0.3 is 10.4 Å². The second-order valence-electron chi connectivity index (χ2n) is 5.52. The average molecular weight is 282 g/mol. The van der Waals surface area contributed by atoms with E-state index in [1.165, 1.54) is 0 Å². The number of carboxylic acid groups (broad SMARTS) is 1. The Morgan fingerprint density at radius 3 is 2.33 bits per heavy atom. The third-order valence-corrected chi connectivity index (χ3v) is 4.33. The van der Waals surface area contributed by atoms with Crippen molar-refractivity contribution in [2.75, 3.05) is 5.32 Å². The Bertz CT molecular complexity index is 657. The zero-order valence-corrected chi connectivity index (χ0v) is 11.2. The summed E-state index contributed by atoms with van der Waals surface area (Å²) in [5.74, 6) is -2.36. The summed E-state index contributed by atoms with van der Waals surface area (Å²) in [5.41, 5.74) is 1.09. The maximum absolute atomic E-state index is 12.4. The summed E-state index contributed by atoms with van der Waals surface area (Å²) in [4.78, 5) is 23.8. The van der Waals surface area contributed by atoms with Crippen LogP contribution in [0.3, 0.4) is 0 Å². The van der Waals surface area contributed by atoms with E-state index >= 15 is 0 Å². The monoisotopic (exact) mass is 282 g/mol. The molecule has 1 saturated carbocycles. The third kappa shape index (κ3) is 2.29. The van der Waals surface area contributed by atoms with E-state index in [-0.39, 0.29) is 17.7 Å². The first-order chi connectivity index (χ1) is 10.1. The molecular weight excluding hydrogens is 268 g/mol. The van der Waals surface area contributed by atoms with E-state index in [9.17, 15) is 14.7 Å². The lowest BCUT2D eigenvalue weighted by atomic mass is 9.82. The molecule has 0 heterocycles. The van der Waals surface area contributed by atoms with Crippen LogP contribution in [-0.4, -0.2) is 17.0 Å². The third-order valence-electron chi connectivity index (χ3n) is 4.33. The van der Waals surface area contributed by atoms with Crippen molar-refractivity contribution in [2.24, 2.45) is 23.7 Å². The van der Waals surface area contributed by atoms with Crippen LogP contribution in [0.15, 0.2) is 36.4 Å². The number of nitriles is 1. The van der Waals surface area contributed by atoms with Gasteiger partial charge in [-0.05, 0) is 42.5 Å². The van der Waals surface area contributed by atoms with Crippen LogP contribution < -0.4 is 5.32 Å². The molecule has 1 aromatic rings. The highest BCUT2D eigenvalue weighted by Crippen LogP contribution is 2.48. The molecule has 2 N–H and O–H groups in total. The lowest BCUT2D eigenvalue weighted by Crippen LogP contribution is -2.36. The SMILES string of the molecule is N#Cc1ccc(NC(=O)[C@@H]2[C@@H](C(=O)O)[C@H]3C=C[C@H]2C3)cc1. The minimum atomic E-state index is -0.910. The number of carbonyl (C=O) groups is 2. The first kappa shape index (κ1) is 13.4. The molecular formula is C16H14N2O3. The average Bonchev–Trinajstić information content (AvgIpc) is 3.08. The Balaban J connectivity index is 1.77. The van der Waals surface area contributed by atoms with Gasteiger partial charge >= 0.3 is 5.97 Å². The van der Waals surface area contributed by atoms with E-state index in [0.717, 1.165) is 6.42 Å². The van der Waals surface area contributed by atoms with Gasteiger partial charge in [-0.25, -0.2) is 0 Å². The summed E-state index contributed by atoms with van der Waals surface area (Å²) in [6.45, 7) is 0. The molecule has 0 spiro atoms. The lowest BCUT2D eigenvalue weighted by molar-refractivity contribution is -0.146. The molecule has 1 amide bonds. The van der Waals surface area contributed by atoms with Crippen molar-refractivity contribution in [3.05, 3.63) is 42.0 Å².